The smallest absolute Gasteiger partial charge is 0.231 e. The van der Waals surface area contributed by atoms with Crippen LogP contribution < -0.4 is 9.47 Å². The third-order valence-corrected chi connectivity index (χ3v) is 3.15. The molecule has 1 heterocycles. The van der Waals surface area contributed by atoms with E-state index in [0.29, 0.717) is 6.79 Å². The molecule has 1 aromatic carbocycles. The SMILES string of the molecule is OCCCc1cc2c(cc1I)OCO2. The molecule has 2 rings (SSSR count). The highest BCUT2D eigenvalue weighted by molar-refractivity contribution is 14.1. The predicted molar refractivity (Wildman–Crippen MR) is 60.7 cm³/mol. The molecule has 4 heteroatoms. The minimum Gasteiger partial charge on any atom is -0.454 e. The highest BCUT2D eigenvalue weighted by Crippen LogP contribution is 2.35. The van der Waals surface area contributed by atoms with E-state index in [1.165, 1.54) is 9.13 Å². The van der Waals surface area contributed by atoms with Crippen LogP contribution in [0.3, 0.4) is 0 Å². The lowest BCUT2D eigenvalue weighted by molar-refractivity contribution is 0.174. The van der Waals surface area contributed by atoms with Crippen LogP contribution in [0.2, 0.25) is 0 Å². The molecule has 0 bridgehead atoms. The lowest BCUT2D eigenvalue weighted by Crippen LogP contribution is -1.93. The lowest BCUT2D eigenvalue weighted by atomic mass is 10.1. The van der Waals surface area contributed by atoms with Crippen molar-refractivity contribution in [3.05, 3.63) is 21.3 Å². The van der Waals surface area contributed by atoms with Crippen LogP contribution in [0.5, 0.6) is 11.5 Å². The Labute approximate surface area is 96.2 Å². The van der Waals surface area contributed by atoms with Gasteiger partial charge in [-0.2, -0.15) is 0 Å². The highest BCUT2D eigenvalue weighted by atomic mass is 127. The number of aliphatic hydroxyl groups is 1. The summed E-state index contributed by atoms with van der Waals surface area (Å²) >= 11 is 2.28. The molecule has 1 N–H and O–H groups in total. The second-order valence-electron chi connectivity index (χ2n) is 3.12. The summed E-state index contributed by atoms with van der Waals surface area (Å²) < 4.78 is 11.7. The Morgan fingerprint density at radius 2 is 2.00 bits per heavy atom. The zero-order valence-corrected chi connectivity index (χ0v) is 9.78. The Morgan fingerprint density at radius 1 is 1.29 bits per heavy atom. The van der Waals surface area contributed by atoms with Gasteiger partial charge in [-0.1, -0.05) is 0 Å². The summed E-state index contributed by atoms with van der Waals surface area (Å²) in [6.45, 7) is 0.541. The molecule has 0 aliphatic carbocycles. The highest BCUT2D eigenvalue weighted by Gasteiger charge is 2.15. The van der Waals surface area contributed by atoms with E-state index in [2.05, 4.69) is 22.6 Å². The topological polar surface area (TPSA) is 38.7 Å². The first-order chi connectivity index (χ1) is 6.81. The Morgan fingerprint density at radius 3 is 2.71 bits per heavy atom. The molecule has 0 saturated carbocycles. The van der Waals surface area contributed by atoms with E-state index in [4.69, 9.17) is 14.6 Å². The van der Waals surface area contributed by atoms with Gasteiger partial charge in [0.05, 0.1) is 0 Å². The third-order valence-electron chi connectivity index (χ3n) is 2.15. The van der Waals surface area contributed by atoms with Crippen molar-refractivity contribution in [1.29, 1.82) is 0 Å². The zero-order chi connectivity index (χ0) is 9.97. The van der Waals surface area contributed by atoms with E-state index in [1.807, 2.05) is 12.1 Å². The molecule has 0 aromatic heterocycles. The molecular weight excluding hydrogens is 295 g/mol. The molecular formula is C10H11IO3. The number of hydrogen-bond donors (Lipinski definition) is 1. The van der Waals surface area contributed by atoms with Crippen molar-refractivity contribution in [3.63, 3.8) is 0 Å². The van der Waals surface area contributed by atoms with E-state index in [9.17, 15) is 0 Å². The number of aliphatic hydroxyl groups excluding tert-OH is 1. The number of ether oxygens (including phenoxy) is 2. The lowest BCUT2D eigenvalue weighted by Gasteiger charge is -2.05. The van der Waals surface area contributed by atoms with Gasteiger partial charge in [-0.25, -0.2) is 0 Å². The van der Waals surface area contributed by atoms with Gasteiger partial charge in [0.1, 0.15) is 0 Å². The molecule has 1 aliphatic rings. The molecule has 0 fully saturated rings. The molecule has 0 unspecified atom stereocenters. The van der Waals surface area contributed by atoms with Crippen LogP contribution in [0.25, 0.3) is 0 Å². The van der Waals surface area contributed by atoms with E-state index >= 15 is 0 Å². The zero-order valence-electron chi connectivity index (χ0n) is 7.62. The number of halogens is 1. The summed E-state index contributed by atoms with van der Waals surface area (Å²) in [5.74, 6) is 1.64. The molecule has 0 saturated heterocycles. The summed E-state index contributed by atoms with van der Waals surface area (Å²) in [6, 6.07) is 3.98. The monoisotopic (exact) mass is 306 g/mol. The molecule has 14 heavy (non-hydrogen) atoms. The molecule has 0 amide bonds. The average molecular weight is 306 g/mol. The molecule has 0 spiro atoms. The van der Waals surface area contributed by atoms with Gasteiger partial charge in [-0.3, -0.25) is 0 Å². The number of fused-ring (bicyclic) bond motifs is 1. The minimum absolute atomic E-state index is 0.227. The van der Waals surface area contributed by atoms with Crippen molar-refractivity contribution in [2.45, 2.75) is 12.8 Å². The van der Waals surface area contributed by atoms with Gasteiger partial charge in [0, 0.05) is 10.2 Å². The normalized spacial score (nSPS) is 13.3. The standard InChI is InChI=1S/C10H11IO3/c11-8-5-10-9(13-6-14-10)4-7(8)2-1-3-12/h4-5,12H,1-3,6H2. The number of rotatable bonds is 3. The van der Waals surface area contributed by atoms with E-state index in [0.717, 1.165) is 24.3 Å². The average Bonchev–Trinajstić information content (AvgIpc) is 2.61. The van der Waals surface area contributed by atoms with Crippen LogP contribution >= 0.6 is 22.6 Å². The minimum atomic E-state index is 0.227. The van der Waals surface area contributed by atoms with Gasteiger partial charge < -0.3 is 14.6 Å². The molecule has 0 radical (unpaired) electrons. The Balaban J connectivity index is 2.23. The van der Waals surface area contributed by atoms with Gasteiger partial charge in [-0.15, -0.1) is 0 Å². The van der Waals surface area contributed by atoms with Crippen molar-refractivity contribution in [2.24, 2.45) is 0 Å². The van der Waals surface area contributed by atoms with Crippen molar-refractivity contribution < 1.29 is 14.6 Å². The number of hydrogen-bond acceptors (Lipinski definition) is 3. The fourth-order valence-corrected chi connectivity index (χ4v) is 2.13. The molecule has 1 aliphatic heterocycles. The van der Waals surface area contributed by atoms with E-state index in [-0.39, 0.29) is 6.61 Å². The molecule has 0 atom stereocenters. The Kier molecular flexibility index (Phi) is 3.12. The molecule has 1 aromatic rings. The maximum atomic E-state index is 8.75. The van der Waals surface area contributed by atoms with Gasteiger partial charge >= 0.3 is 0 Å². The first-order valence-corrected chi connectivity index (χ1v) is 5.58. The van der Waals surface area contributed by atoms with Gasteiger partial charge in [0.25, 0.3) is 0 Å². The summed E-state index contributed by atoms with van der Waals surface area (Å²) in [7, 11) is 0. The maximum Gasteiger partial charge on any atom is 0.231 e. The van der Waals surface area contributed by atoms with Crippen molar-refractivity contribution >= 4 is 22.6 Å². The summed E-state index contributed by atoms with van der Waals surface area (Å²) in [5, 5.41) is 8.75. The molecule has 76 valence electrons. The maximum absolute atomic E-state index is 8.75. The second-order valence-corrected chi connectivity index (χ2v) is 4.29. The van der Waals surface area contributed by atoms with Crippen LogP contribution in [0.15, 0.2) is 12.1 Å². The Bertz CT molecular complexity index is 338. The quantitative estimate of drug-likeness (QED) is 0.868. The first-order valence-electron chi connectivity index (χ1n) is 4.50. The van der Waals surface area contributed by atoms with Crippen LogP contribution in [-0.4, -0.2) is 18.5 Å². The van der Waals surface area contributed by atoms with Crippen molar-refractivity contribution in [1.82, 2.24) is 0 Å². The molecule has 3 nitrogen and oxygen atoms in total. The van der Waals surface area contributed by atoms with Gasteiger partial charge in [0.2, 0.25) is 6.79 Å². The summed E-state index contributed by atoms with van der Waals surface area (Å²) in [5.41, 5.74) is 1.21. The van der Waals surface area contributed by atoms with Crippen LogP contribution in [0, 0.1) is 3.57 Å². The van der Waals surface area contributed by atoms with Crippen LogP contribution in [0.1, 0.15) is 12.0 Å². The van der Waals surface area contributed by atoms with Crippen molar-refractivity contribution in [3.8, 4) is 11.5 Å². The Hall–Kier alpha value is -0.490. The summed E-state index contributed by atoms with van der Waals surface area (Å²) in [6.07, 6.45) is 1.67. The van der Waals surface area contributed by atoms with Gasteiger partial charge in [0.15, 0.2) is 11.5 Å². The van der Waals surface area contributed by atoms with E-state index in [1.54, 1.807) is 0 Å². The fraction of sp³-hybridized carbons (Fsp3) is 0.400. The van der Waals surface area contributed by atoms with Crippen LogP contribution in [0.4, 0.5) is 0 Å². The number of aryl methyl sites for hydroxylation is 1. The summed E-state index contributed by atoms with van der Waals surface area (Å²) in [4.78, 5) is 0. The largest absolute Gasteiger partial charge is 0.454 e. The third kappa shape index (κ3) is 1.95. The second kappa shape index (κ2) is 4.35. The predicted octanol–water partition coefficient (Wildman–Crippen LogP) is 1.94. The van der Waals surface area contributed by atoms with Gasteiger partial charge in [-0.05, 0) is 53.1 Å². The van der Waals surface area contributed by atoms with Crippen molar-refractivity contribution in [2.75, 3.05) is 13.4 Å². The van der Waals surface area contributed by atoms with Crippen LogP contribution in [-0.2, 0) is 6.42 Å². The van der Waals surface area contributed by atoms with E-state index < -0.39 is 0 Å². The first kappa shape index (κ1) is 10.0. The fourth-order valence-electron chi connectivity index (χ4n) is 1.42. The number of benzene rings is 1.